The Labute approximate surface area is 327 Å². The van der Waals surface area contributed by atoms with E-state index in [4.69, 9.17) is 9.84 Å². The highest BCUT2D eigenvalue weighted by Crippen LogP contribution is 2.18. The summed E-state index contributed by atoms with van der Waals surface area (Å²) in [6.07, 6.45) is 44.5. The number of hydrogen-bond acceptors (Lipinski definition) is 3. The van der Waals surface area contributed by atoms with Gasteiger partial charge in [0.1, 0.15) is 0 Å². The smallest absolute Gasteiger partial charge is 0.308 e. The van der Waals surface area contributed by atoms with Gasteiger partial charge >= 0.3 is 11.9 Å². The lowest BCUT2D eigenvalue weighted by atomic mass is 9.98. The number of aliphatic carboxylic acids is 1. The standard InChI is InChI=1S/2C24H48O2/c1-5-23(6-2)24(25)26-21-19-17-15-13-11-9-7-8-10-12-14-16-18-20-22(3)4;1-4-23(24(25)26)21-19-17-15-13-11-9-7-5-6-8-10-12-14-16-18-20-22(2)3/h22-23H,5-21H2,1-4H3;22-23H,4-21H2,1-3H3,(H,25,26). The first-order valence-electron chi connectivity index (χ1n) is 23.6. The molecule has 0 saturated heterocycles. The van der Waals surface area contributed by atoms with Gasteiger partial charge < -0.3 is 9.84 Å². The van der Waals surface area contributed by atoms with Gasteiger partial charge in [-0.05, 0) is 43.9 Å². The fraction of sp³-hybridized carbons (Fsp3) is 0.958. The largest absolute Gasteiger partial charge is 0.481 e. The number of carbonyl (C=O) groups is 2. The van der Waals surface area contributed by atoms with E-state index in [2.05, 4.69) is 41.5 Å². The molecule has 0 amide bonds. The number of carbonyl (C=O) groups excluding carboxylic acids is 1. The fourth-order valence-corrected chi connectivity index (χ4v) is 7.26. The van der Waals surface area contributed by atoms with E-state index in [0.29, 0.717) is 6.61 Å². The van der Waals surface area contributed by atoms with Crippen LogP contribution in [0.4, 0.5) is 0 Å². The molecule has 4 nitrogen and oxygen atoms in total. The minimum atomic E-state index is -0.612. The van der Waals surface area contributed by atoms with Crippen LogP contribution in [-0.4, -0.2) is 23.7 Å². The summed E-state index contributed by atoms with van der Waals surface area (Å²) < 4.78 is 5.37. The third-order valence-electron chi connectivity index (χ3n) is 11.2. The van der Waals surface area contributed by atoms with Crippen LogP contribution in [0.3, 0.4) is 0 Å². The lowest BCUT2D eigenvalue weighted by molar-refractivity contribution is -0.149. The molecule has 4 heteroatoms. The maximum atomic E-state index is 11.7. The summed E-state index contributed by atoms with van der Waals surface area (Å²) in [6, 6.07) is 0. The number of carboxylic acids is 1. The summed E-state index contributed by atoms with van der Waals surface area (Å²) in [4.78, 5) is 22.7. The molecule has 0 rings (SSSR count). The summed E-state index contributed by atoms with van der Waals surface area (Å²) in [5.41, 5.74) is 0. The summed E-state index contributed by atoms with van der Waals surface area (Å²) in [6.45, 7) is 16.0. The molecule has 52 heavy (non-hydrogen) atoms. The molecule has 0 aromatic heterocycles. The van der Waals surface area contributed by atoms with E-state index in [0.717, 1.165) is 50.4 Å². The molecule has 1 unspecified atom stereocenters. The number of carboxylic acid groups (broad SMARTS) is 1. The lowest BCUT2D eigenvalue weighted by Crippen LogP contribution is -2.16. The Morgan fingerprint density at radius 1 is 0.385 bits per heavy atom. The Balaban J connectivity index is 0. The lowest BCUT2D eigenvalue weighted by Gasteiger charge is -2.11. The fourth-order valence-electron chi connectivity index (χ4n) is 7.26. The van der Waals surface area contributed by atoms with Gasteiger partial charge in [-0.2, -0.15) is 0 Å². The van der Waals surface area contributed by atoms with Crippen LogP contribution < -0.4 is 0 Å². The van der Waals surface area contributed by atoms with E-state index in [1.165, 1.54) is 180 Å². The Kier molecular flexibility index (Phi) is 43.5. The first-order valence-corrected chi connectivity index (χ1v) is 23.6. The zero-order chi connectivity index (χ0) is 38.9. The molecule has 0 aromatic rings. The van der Waals surface area contributed by atoms with Gasteiger partial charge in [0.2, 0.25) is 0 Å². The molecule has 1 N–H and O–H groups in total. The minimum absolute atomic E-state index is 0.00919. The van der Waals surface area contributed by atoms with E-state index in [9.17, 15) is 9.59 Å². The van der Waals surface area contributed by atoms with Crippen molar-refractivity contribution in [1.29, 1.82) is 0 Å². The van der Waals surface area contributed by atoms with Crippen molar-refractivity contribution < 1.29 is 19.4 Å². The predicted octanol–water partition coefficient (Wildman–Crippen LogP) is 16.5. The van der Waals surface area contributed by atoms with Crippen molar-refractivity contribution in [3.63, 3.8) is 0 Å². The van der Waals surface area contributed by atoms with Gasteiger partial charge in [-0.1, -0.05) is 235 Å². The van der Waals surface area contributed by atoms with Crippen molar-refractivity contribution in [1.82, 2.24) is 0 Å². The van der Waals surface area contributed by atoms with Crippen molar-refractivity contribution in [3.05, 3.63) is 0 Å². The molecule has 0 aliphatic carbocycles. The normalized spacial score (nSPS) is 12.0. The number of esters is 1. The molecule has 0 aromatic carbocycles. The molecule has 312 valence electrons. The summed E-state index contributed by atoms with van der Waals surface area (Å²) in [5, 5.41) is 9.02. The van der Waals surface area contributed by atoms with Crippen molar-refractivity contribution in [3.8, 4) is 0 Å². The van der Waals surface area contributed by atoms with Gasteiger partial charge in [-0.3, -0.25) is 9.59 Å². The van der Waals surface area contributed by atoms with Crippen LogP contribution in [0, 0.1) is 23.7 Å². The van der Waals surface area contributed by atoms with Crippen LogP contribution in [0.25, 0.3) is 0 Å². The summed E-state index contributed by atoms with van der Waals surface area (Å²) >= 11 is 0. The summed E-state index contributed by atoms with van der Waals surface area (Å²) in [5.74, 6) is 1.14. The van der Waals surface area contributed by atoms with Crippen LogP contribution in [0.1, 0.15) is 267 Å². The predicted molar refractivity (Wildman–Crippen MR) is 229 cm³/mol. The monoisotopic (exact) mass is 737 g/mol. The number of ether oxygens (including phenoxy) is 1. The van der Waals surface area contributed by atoms with Crippen LogP contribution in [0.5, 0.6) is 0 Å². The van der Waals surface area contributed by atoms with Gasteiger partial charge in [0, 0.05) is 0 Å². The molecular weight excluding hydrogens is 641 g/mol. The second-order valence-corrected chi connectivity index (χ2v) is 17.2. The van der Waals surface area contributed by atoms with Crippen molar-refractivity contribution in [2.24, 2.45) is 23.7 Å². The number of unbranched alkanes of at least 4 members (excludes halogenated alkanes) is 26. The Morgan fingerprint density at radius 3 is 0.885 bits per heavy atom. The Morgan fingerprint density at radius 2 is 0.635 bits per heavy atom. The molecular formula is C48H96O4. The van der Waals surface area contributed by atoms with Gasteiger partial charge in [-0.15, -0.1) is 0 Å². The van der Waals surface area contributed by atoms with Crippen LogP contribution in [-0.2, 0) is 14.3 Å². The maximum Gasteiger partial charge on any atom is 0.308 e. The molecule has 1 atom stereocenters. The van der Waals surface area contributed by atoms with Gasteiger partial charge in [0.15, 0.2) is 0 Å². The first-order chi connectivity index (χ1) is 25.2. The Bertz CT molecular complexity index is 710. The summed E-state index contributed by atoms with van der Waals surface area (Å²) in [7, 11) is 0. The quantitative estimate of drug-likeness (QED) is 0.0504. The van der Waals surface area contributed by atoms with E-state index < -0.39 is 5.97 Å². The van der Waals surface area contributed by atoms with Crippen molar-refractivity contribution in [2.75, 3.05) is 6.61 Å². The second kappa shape index (κ2) is 42.7. The molecule has 0 radical (unpaired) electrons. The average Bonchev–Trinajstić information content (AvgIpc) is 3.11. The van der Waals surface area contributed by atoms with Crippen molar-refractivity contribution in [2.45, 2.75) is 267 Å². The van der Waals surface area contributed by atoms with E-state index >= 15 is 0 Å². The van der Waals surface area contributed by atoms with E-state index in [1.807, 2.05) is 6.92 Å². The topological polar surface area (TPSA) is 63.6 Å². The van der Waals surface area contributed by atoms with Gasteiger partial charge in [0.25, 0.3) is 0 Å². The first kappa shape index (κ1) is 53.0. The van der Waals surface area contributed by atoms with Crippen LogP contribution in [0.2, 0.25) is 0 Å². The molecule has 0 aliphatic rings. The van der Waals surface area contributed by atoms with E-state index in [-0.39, 0.29) is 17.8 Å². The number of hydrogen-bond donors (Lipinski definition) is 1. The molecule has 0 heterocycles. The number of rotatable bonds is 39. The highest BCUT2D eigenvalue weighted by molar-refractivity contribution is 5.72. The highest BCUT2D eigenvalue weighted by atomic mass is 16.5. The molecule has 0 spiro atoms. The van der Waals surface area contributed by atoms with Crippen LogP contribution >= 0.6 is 0 Å². The molecule has 0 saturated carbocycles. The van der Waals surface area contributed by atoms with Crippen LogP contribution in [0.15, 0.2) is 0 Å². The molecule has 0 fully saturated rings. The van der Waals surface area contributed by atoms with Gasteiger partial charge in [0.05, 0.1) is 18.4 Å². The third kappa shape index (κ3) is 41.7. The zero-order valence-corrected chi connectivity index (χ0v) is 36.7. The SMILES string of the molecule is CCC(CC)C(=O)OCCCCCCCCCCCCCCCC(C)C.CCC(CCCCCCCCCCCCCCCCCC(C)C)C(=O)O. The highest BCUT2D eigenvalue weighted by Gasteiger charge is 2.15. The van der Waals surface area contributed by atoms with Crippen molar-refractivity contribution >= 4 is 11.9 Å². The van der Waals surface area contributed by atoms with E-state index in [1.54, 1.807) is 0 Å². The zero-order valence-electron chi connectivity index (χ0n) is 36.7. The minimum Gasteiger partial charge on any atom is -0.481 e. The third-order valence-corrected chi connectivity index (χ3v) is 11.2. The van der Waals surface area contributed by atoms with Gasteiger partial charge in [-0.25, -0.2) is 0 Å². The second-order valence-electron chi connectivity index (χ2n) is 17.2. The average molecular weight is 737 g/mol. The maximum absolute atomic E-state index is 11.7. The molecule has 0 bridgehead atoms. The Hall–Kier alpha value is -1.06. The molecule has 0 aliphatic heterocycles.